The molecule has 15 rings (SSSR count). The fourth-order valence-corrected chi connectivity index (χ4v) is 11.3. The molecule has 4 heteroatoms. The minimum absolute atomic E-state index is 0.0393. The molecular weight excluding hydrogens is 849 g/mol. The second kappa shape index (κ2) is 15.1. The largest absolute Gasteiger partial charge is 0.310 e. The van der Waals surface area contributed by atoms with Crippen molar-refractivity contribution in [3.63, 3.8) is 0 Å². The molecule has 0 unspecified atom stereocenters. The highest BCUT2D eigenvalue weighted by Gasteiger charge is 2.25. The minimum Gasteiger partial charge on any atom is -0.310 e. The van der Waals surface area contributed by atoms with Crippen LogP contribution in [0.25, 0.3) is 98.4 Å². The summed E-state index contributed by atoms with van der Waals surface area (Å²) in [5.74, 6) is 0. The molecule has 0 atom stereocenters. The van der Waals surface area contributed by atoms with Gasteiger partial charge in [-0.1, -0.05) is 182 Å². The topological polar surface area (TPSA) is 15.3 Å². The second-order valence-corrected chi connectivity index (χ2v) is 17.7. The maximum Gasteiger partial charge on any atom is 0.0645 e. The molecular formula is C66H42N4. The molecule has 0 fully saturated rings. The van der Waals surface area contributed by atoms with Gasteiger partial charge in [-0.15, -0.1) is 0 Å². The van der Waals surface area contributed by atoms with Crippen molar-refractivity contribution < 1.29 is 13.7 Å². The van der Waals surface area contributed by atoms with Crippen molar-refractivity contribution in [1.29, 1.82) is 0 Å². The van der Waals surface area contributed by atoms with E-state index in [2.05, 4.69) is 81.6 Å². The van der Waals surface area contributed by atoms with E-state index in [0.29, 0.717) is 22.7 Å². The van der Waals surface area contributed by atoms with Crippen LogP contribution in [0.3, 0.4) is 0 Å². The van der Waals surface area contributed by atoms with Crippen LogP contribution in [-0.4, -0.2) is 8.80 Å². The lowest BCUT2D eigenvalue weighted by atomic mass is 10.0. The summed E-state index contributed by atoms with van der Waals surface area (Å²) in [6.07, 6.45) is 0. The molecule has 0 aliphatic carbocycles. The van der Waals surface area contributed by atoms with Gasteiger partial charge in [0.25, 0.3) is 0 Å². The fourth-order valence-electron chi connectivity index (χ4n) is 11.3. The third kappa shape index (κ3) is 5.59. The molecule has 70 heavy (non-hydrogen) atoms. The van der Waals surface area contributed by atoms with E-state index in [9.17, 15) is 5.48 Å². The lowest BCUT2D eigenvalue weighted by Crippen LogP contribution is -2.11. The van der Waals surface area contributed by atoms with Crippen LogP contribution in [0.15, 0.2) is 255 Å². The van der Waals surface area contributed by atoms with E-state index < -0.39 is 36.3 Å². The van der Waals surface area contributed by atoms with Crippen LogP contribution in [-0.2, 0) is 0 Å². The second-order valence-electron chi connectivity index (χ2n) is 17.7. The van der Waals surface area contributed by atoms with E-state index in [-0.39, 0.29) is 35.5 Å². The zero-order chi connectivity index (χ0) is 54.6. The molecule has 0 radical (unpaired) electrons. The minimum atomic E-state index is -0.464. The third-order valence-corrected chi connectivity index (χ3v) is 14.1. The van der Waals surface area contributed by atoms with Gasteiger partial charge in [0.1, 0.15) is 0 Å². The Hall–Kier alpha value is -9.38. The number of rotatable bonds is 8. The summed E-state index contributed by atoms with van der Waals surface area (Å²) in [5, 5.41) is 8.21. The van der Waals surface area contributed by atoms with Crippen molar-refractivity contribution in [1.82, 2.24) is 8.80 Å². The Bertz CT molecular complexity index is 4720. The Morgan fingerprint density at radius 1 is 0.286 bits per heavy atom. The number of aromatic nitrogens is 2. The fraction of sp³-hybridized carbons (Fsp3) is 0. The molecule has 4 nitrogen and oxygen atoms in total. The summed E-state index contributed by atoms with van der Waals surface area (Å²) >= 11 is 0. The lowest BCUT2D eigenvalue weighted by molar-refractivity contribution is 1.28. The van der Waals surface area contributed by atoms with Gasteiger partial charge in [0.15, 0.2) is 0 Å². The van der Waals surface area contributed by atoms with Crippen LogP contribution in [0.4, 0.5) is 34.1 Å². The third-order valence-electron chi connectivity index (χ3n) is 14.1. The highest BCUT2D eigenvalue weighted by atomic mass is 15.2. The highest BCUT2D eigenvalue weighted by molar-refractivity contribution is 6.29. The van der Waals surface area contributed by atoms with E-state index in [0.717, 1.165) is 98.4 Å². The first-order valence-corrected chi connectivity index (χ1v) is 23.3. The molecule has 15 aromatic rings. The highest BCUT2D eigenvalue weighted by Crippen LogP contribution is 2.48. The van der Waals surface area contributed by atoms with Gasteiger partial charge >= 0.3 is 0 Å². The van der Waals surface area contributed by atoms with Crippen molar-refractivity contribution in [2.45, 2.75) is 0 Å². The number of anilines is 6. The van der Waals surface area contributed by atoms with E-state index in [1.807, 2.05) is 121 Å². The molecule has 11 aromatic carbocycles. The molecule has 4 heterocycles. The number of hydrogen-bond acceptors (Lipinski definition) is 2. The van der Waals surface area contributed by atoms with Crippen molar-refractivity contribution >= 4 is 110 Å². The Labute approximate surface area is 418 Å². The van der Waals surface area contributed by atoms with E-state index in [1.54, 1.807) is 9.80 Å². The van der Waals surface area contributed by atoms with Gasteiger partial charge in [-0.05, 0) is 83.8 Å². The van der Waals surface area contributed by atoms with Gasteiger partial charge in [0.05, 0.1) is 58.2 Å². The van der Waals surface area contributed by atoms with Gasteiger partial charge in [-0.25, -0.2) is 0 Å². The predicted molar refractivity (Wildman–Crippen MR) is 296 cm³/mol. The van der Waals surface area contributed by atoms with Crippen molar-refractivity contribution in [2.24, 2.45) is 0 Å². The molecule has 0 N–H and O–H groups in total. The molecule has 4 aromatic heterocycles. The Morgan fingerprint density at radius 3 is 1.09 bits per heavy atom. The molecule has 0 aliphatic heterocycles. The quantitative estimate of drug-likeness (QED) is 0.151. The van der Waals surface area contributed by atoms with Crippen LogP contribution >= 0.6 is 0 Å². The summed E-state index contributed by atoms with van der Waals surface area (Å²) in [5.41, 5.74) is 11.8. The first-order valence-electron chi connectivity index (χ1n) is 28.3. The Balaban J connectivity index is 0.992. The van der Waals surface area contributed by atoms with Crippen LogP contribution in [0.5, 0.6) is 0 Å². The molecule has 326 valence electrons. The number of fused-ring (bicyclic) bond motifs is 12. The van der Waals surface area contributed by atoms with E-state index in [4.69, 9.17) is 8.22 Å². The van der Waals surface area contributed by atoms with Gasteiger partial charge in [0, 0.05) is 77.0 Å². The van der Waals surface area contributed by atoms with Crippen molar-refractivity contribution in [3.8, 4) is 22.3 Å². The van der Waals surface area contributed by atoms with Crippen LogP contribution < -0.4 is 9.80 Å². The molecule has 0 spiro atoms. The maximum absolute atomic E-state index is 9.32. The van der Waals surface area contributed by atoms with Gasteiger partial charge in [-0.2, -0.15) is 0 Å². The normalized spacial score (nSPS) is 14.0. The van der Waals surface area contributed by atoms with Gasteiger partial charge in [0.2, 0.25) is 0 Å². The van der Waals surface area contributed by atoms with Gasteiger partial charge in [-0.3, -0.25) is 0 Å². The lowest BCUT2D eigenvalue weighted by Gasteiger charge is -2.28. The molecule has 0 aliphatic rings. The maximum atomic E-state index is 9.32. The smallest absolute Gasteiger partial charge is 0.0645 e. The monoisotopic (exact) mass is 900 g/mol. The number of benzene rings is 11. The van der Waals surface area contributed by atoms with Crippen molar-refractivity contribution in [2.75, 3.05) is 9.80 Å². The zero-order valence-corrected chi connectivity index (χ0v) is 37.3. The van der Waals surface area contributed by atoms with E-state index >= 15 is 0 Å². The van der Waals surface area contributed by atoms with Crippen LogP contribution in [0, 0.1) is 0 Å². The summed E-state index contributed by atoms with van der Waals surface area (Å²) in [6, 6.07) is 60.9. The number of para-hydroxylation sites is 6. The molecule has 0 bridgehead atoms. The van der Waals surface area contributed by atoms with Crippen LogP contribution in [0.2, 0.25) is 0 Å². The molecule has 0 saturated heterocycles. The van der Waals surface area contributed by atoms with Crippen molar-refractivity contribution in [3.05, 3.63) is 255 Å². The average Bonchev–Trinajstić information content (AvgIpc) is 4.27. The SMILES string of the molecule is [2H]c1c([2H])c([2H])c(N(c2ccc3c4cccc5c6cc7c(cc6n(c3c2)c45)c2cccc3c4ccc(N(c5ccccc5-c5ccccc5)c5c([2H])c([2H])c([2H])c([2H])c5[2H])cc4n7c32)c2ccccc2-c2ccccc2)c([2H])c1[2H]. The van der Waals surface area contributed by atoms with Gasteiger partial charge < -0.3 is 18.6 Å². The summed E-state index contributed by atoms with van der Waals surface area (Å²) in [4.78, 5) is 3.61. The first kappa shape index (κ1) is 30.1. The number of nitrogens with zero attached hydrogens (tertiary/aromatic N) is 4. The Morgan fingerprint density at radius 2 is 0.657 bits per heavy atom. The summed E-state index contributed by atoms with van der Waals surface area (Å²) in [7, 11) is 0. The average molecular weight is 901 g/mol. The number of hydrogen-bond donors (Lipinski definition) is 0. The predicted octanol–water partition coefficient (Wildman–Crippen LogP) is 18.3. The Kier molecular flexibility index (Phi) is 6.48. The summed E-state index contributed by atoms with van der Waals surface area (Å²) < 4.78 is 94.2. The standard InChI is InChI=1S/C66H42N4/c1-5-19-43(20-6-1)49-27-13-15-33-59(49)67(45-23-9-3-10-24-45)47-35-37-51-53-29-17-31-55-57-42-64-58(41-63(57)69(65(53)55)61(51)39-47)56-32-18-30-54-52-38-36-48(40-62(52)70(64)66(54)56)68(46-25-11-4-12-26-46)60-34-16-14-28-50(60)44-21-7-2-8-22-44/h1-42H/i3D,4D,9D,10D,11D,12D,23D,24D,25D,26D. The first-order chi connectivity index (χ1) is 38.9. The van der Waals surface area contributed by atoms with E-state index in [1.165, 1.54) is 0 Å². The molecule has 0 amide bonds. The summed E-state index contributed by atoms with van der Waals surface area (Å²) in [6.45, 7) is 0. The molecule has 0 saturated carbocycles. The zero-order valence-electron chi connectivity index (χ0n) is 47.3. The van der Waals surface area contributed by atoms with Crippen LogP contribution in [0.1, 0.15) is 13.7 Å².